The van der Waals surface area contributed by atoms with Crippen molar-refractivity contribution in [3.8, 4) is 0 Å². The number of nitrogens with zero attached hydrogens (tertiary/aromatic N) is 2. The molecule has 0 spiro atoms. The van der Waals surface area contributed by atoms with Crippen molar-refractivity contribution in [3.05, 3.63) is 0 Å². The van der Waals surface area contributed by atoms with E-state index < -0.39 is 17.9 Å². The van der Waals surface area contributed by atoms with Crippen molar-refractivity contribution in [1.29, 1.82) is 0 Å². The van der Waals surface area contributed by atoms with Gasteiger partial charge in [-0.15, -0.1) is 6.42 Å². The topological polar surface area (TPSA) is 174 Å². The molecule has 0 unspecified atom stereocenters. The van der Waals surface area contributed by atoms with Crippen molar-refractivity contribution in [3.63, 3.8) is 0 Å². The number of hydrogen-bond acceptors (Lipinski definition) is 10. The van der Waals surface area contributed by atoms with Gasteiger partial charge in [-0.05, 0) is 25.8 Å². The van der Waals surface area contributed by atoms with E-state index in [2.05, 4.69) is 0 Å². The number of carbonyl (C=O) groups is 3. The van der Waals surface area contributed by atoms with E-state index >= 15 is 0 Å². The predicted molar refractivity (Wildman–Crippen MR) is 74.0 cm³/mol. The number of aliphatic carboxylic acids is 3. The summed E-state index contributed by atoms with van der Waals surface area (Å²) in [5.74, 6) is -3.70. The van der Waals surface area contributed by atoms with E-state index in [1.807, 2.05) is 0 Å². The molecule has 0 rings (SSSR count). The molecule has 0 aliphatic rings. The van der Waals surface area contributed by atoms with Crippen LogP contribution >= 0.6 is 0 Å². The molecule has 0 aromatic rings. The minimum atomic E-state index is -1.24. The third-order valence-electron chi connectivity index (χ3n) is 3.16. The second-order valence-corrected chi connectivity index (χ2v) is 4.94. The maximum absolute atomic E-state index is 10.5. The SMILES string of the molecule is O=[C-]CCN(CCC(=O)[O-])CCN(CCC(=O)[O-])CCC(=O)[O-].[Na+].[Na+].[Na+].[Na+].[OH-]. The van der Waals surface area contributed by atoms with Crippen molar-refractivity contribution >= 4 is 24.2 Å². The molecule has 140 valence electrons. The zero-order valence-electron chi connectivity index (χ0n) is 17.3. The van der Waals surface area contributed by atoms with Crippen LogP contribution in [0.1, 0.15) is 25.7 Å². The average Bonchev–Trinajstić information content (AvgIpc) is 2.47. The smallest absolute Gasteiger partial charge is 0.870 e. The quantitative estimate of drug-likeness (QED) is 0.177. The molecule has 28 heavy (non-hydrogen) atoms. The van der Waals surface area contributed by atoms with Gasteiger partial charge < -0.3 is 49.8 Å². The van der Waals surface area contributed by atoms with E-state index in [1.165, 1.54) is 0 Å². The number of carboxylic acid groups (broad SMARTS) is 3. The monoisotopic (exact) mass is 437 g/mol. The normalized spacial score (nSPS) is 8.93. The molecule has 0 fully saturated rings. The molecule has 0 aliphatic carbocycles. The van der Waals surface area contributed by atoms with Gasteiger partial charge in [-0.1, -0.05) is 0 Å². The fourth-order valence-corrected chi connectivity index (χ4v) is 1.91. The van der Waals surface area contributed by atoms with Gasteiger partial charge in [0.15, 0.2) is 0 Å². The summed E-state index contributed by atoms with van der Waals surface area (Å²) >= 11 is 0. The molecule has 1 N–H and O–H groups in total. The molecule has 0 aliphatic heterocycles. The summed E-state index contributed by atoms with van der Waals surface area (Å²) in [6, 6.07) is 0. The van der Waals surface area contributed by atoms with Crippen molar-refractivity contribution < 1.29 is 158 Å². The summed E-state index contributed by atoms with van der Waals surface area (Å²) < 4.78 is 0. The first-order chi connectivity index (χ1) is 10.8. The number of carbonyl (C=O) groups excluding carboxylic acids is 4. The Morgan fingerprint density at radius 1 is 0.607 bits per heavy atom. The van der Waals surface area contributed by atoms with E-state index in [-0.39, 0.29) is 169 Å². The molecule has 0 amide bonds. The van der Waals surface area contributed by atoms with Crippen molar-refractivity contribution in [1.82, 2.24) is 9.80 Å². The first-order valence-electron chi connectivity index (χ1n) is 7.24. The first kappa shape index (κ1) is 43.8. The molecule has 0 radical (unpaired) electrons. The maximum Gasteiger partial charge on any atom is 1.00 e. The van der Waals surface area contributed by atoms with Gasteiger partial charge in [0.05, 0.1) is 0 Å². The Hall–Kier alpha value is 1.96. The van der Waals surface area contributed by atoms with E-state index in [9.17, 15) is 34.5 Å². The summed E-state index contributed by atoms with van der Waals surface area (Å²) in [4.78, 5) is 45.1. The Labute approximate surface area is 253 Å². The second kappa shape index (κ2) is 29.0. The maximum atomic E-state index is 10.5. The van der Waals surface area contributed by atoms with Crippen LogP contribution in [0.15, 0.2) is 0 Å². The molecule has 0 atom stereocenters. The van der Waals surface area contributed by atoms with Crippen LogP contribution in [0.2, 0.25) is 0 Å². The van der Waals surface area contributed by atoms with E-state index in [1.54, 1.807) is 16.1 Å². The predicted octanol–water partition coefficient (Wildman–Crippen LogP) is -16.7. The van der Waals surface area contributed by atoms with Gasteiger partial charge >= 0.3 is 118 Å². The number of hydrogen-bond donors (Lipinski definition) is 0. The van der Waals surface area contributed by atoms with Gasteiger partial charge in [-0.25, -0.2) is 0 Å². The summed E-state index contributed by atoms with van der Waals surface area (Å²) in [5.41, 5.74) is 0. The van der Waals surface area contributed by atoms with Crippen LogP contribution in [0.4, 0.5) is 0 Å². The molecule has 14 heteroatoms. The molecule has 0 aromatic heterocycles. The van der Waals surface area contributed by atoms with Crippen LogP contribution in [0.3, 0.4) is 0 Å². The second-order valence-electron chi connectivity index (χ2n) is 4.94. The van der Waals surface area contributed by atoms with Gasteiger partial charge in [0, 0.05) is 50.6 Å². The molecular weight excluding hydrogens is 416 g/mol. The van der Waals surface area contributed by atoms with E-state index in [4.69, 9.17) is 0 Å². The van der Waals surface area contributed by atoms with E-state index in [0.29, 0.717) is 19.6 Å². The Morgan fingerprint density at radius 2 is 0.893 bits per heavy atom. The van der Waals surface area contributed by atoms with Crippen LogP contribution in [-0.2, 0) is 19.2 Å². The molecule has 0 aromatic carbocycles. The van der Waals surface area contributed by atoms with Crippen LogP contribution in [0.5, 0.6) is 0 Å². The minimum Gasteiger partial charge on any atom is -0.870 e. The third kappa shape index (κ3) is 30.2. The fourth-order valence-electron chi connectivity index (χ4n) is 1.91. The zero-order chi connectivity index (χ0) is 17.7. The molecule has 0 saturated heterocycles. The number of rotatable bonds is 15. The van der Waals surface area contributed by atoms with Gasteiger partial charge in [0.1, 0.15) is 0 Å². The molecular formula is C14H21N2Na4O8-. The minimum absolute atomic E-state index is 0. The van der Waals surface area contributed by atoms with Gasteiger partial charge in [0.2, 0.25) is 0 Å². The van der Waals surface area contributed by atoms with Crippen LogP contribution < -0.4 is 134 Å². The molecule has 0 heterocycles. The van der Waals surface area contributed by atoms with Crippen molar-refractivity contribution in [2.24, 2.45) is 0 Å². The van der Waals surface area contributed by atoms with Crippen molar-refractivity contribution in [2.45, 2.75) is 25.7 Å². The Morgan fingerprint density at radius 3 is 1.14 bits per heavy atom. The third-order valence-corrected chi connectivity index (χ3v) is 3.16. The summed E-state index contributed by atoms with van der Waals surface area (Å²) in [5, 5.41) is 31.5. The van der Waals surface area contributed by atoms with Crippen LogP contribution in [-0.4, -0.2) is 78.7 Å². The zero-order valence-corrected chi connectivity index (χ0v) is 25.3. The van der Waals surface area contributed by atoms with Gasteiger partial charge in [-0.3, -0.25) is 6.29 Å². The fraction of sp³-hybridized carbons (Fsp3) is 0.714. The van der Waals surface area contributed by atoms with Gasteiger partial charge in [-0.2, -0.15) is 0 Å². The molecule has 0 saturated carbocycles. The Bertz CT molecular complexity index is 401. The summed E-state index contributed by atoms with van der Waals surface area (Å²) in [6.07, 6.45) is 1.15. The Balaban J connectivity index is -0.000000242. The average molecular weight is 437 g/mol. The van der Waals surface area contributed by atoms with E-state index in [0.717, 1.165) is 0 Å². The first-order valence-corrected chi connectivity index (χ1v) is 7.24. The largest absolute Gasteiger partial charge is 1.00 e. The number of carboxylic acids is 3. The standard InChI is InChI=1S/C14H23N2O7.4Na.H2O/c17-11-1-5-15(6-2-12(18)19)9-10-16(7-3-13(20)21)8-4-14(22)23;;;;;/h1-10H2,(H,18,19)(H,20,21)(H,22,23);;;;;1H2/q-1;4*+1;/p-4. The summed E-state index contributed by atoms with van der Waals surface area (Å²) in [6.45, 7) is 1.40. The van der Waals surface area contributed by atoms with Gasteiger partial charge in [0.25, 0.3) is 0 Å². The summed E-state index contributed by atoms with van der Waals surface area (Å²) in [7, 11) is 0. The molecule has 0 bridgehead atoms. The molecule has 10 nitrogen and oxygen atoms in total. The van der Waals surface area contributed by atoms with Crippen molar-refractivity contribution in [2.75, 3.05) is 39.3 Å². The Kier molecular flexibility index (Phi) is 45.3. The van der Waals surface area contributed by atoms with Crippen LogP contribution in [0.25, 0.3) is 0 Å². The van der Waals surface area contributed by atoms with Crippen LogP contribution in [0, 0.1) is 0 Å².